The van der Waals surface area contributed by atoms with Crippen molar-refractivity contribution >= 4 is 0 Å². The van der Waals surface area contributed by atoms with Gasteiger partial charge in [-0.1, -0.05) is 0 Å². The standard InChI is InChI=1S/C12H14F2NO/c1-8(16)15-6-2-3-12(15)10-7-9(13)4-5-11(10)14/h4-5,7-8,12,16H,1-3,6H2/t8?,12-/m1/s1. The fourth-order valence-electron chi connectivity index (χ4n) is 2.25. The Bertz CT molecular complexity index is 381. The Morgan fingerprint density at radius 2 is 2.19 bits per heavy atom. The first-order valence-corrected chi connectivity index (χ1v) is 5.31. The highest BCUT2D eigenvalue weighted by Gasteiger charge is 2.30. The van der Waals surface area contributed by atoms with E-state index in [9.17, 15) is 13.9 Å². The largest absolute Gasteiger partial charge is 0.378 e. The predicted octanol–water partition coefficient (Wildman–Crippen LogP) is 2.25. The van der Waals surface area contributed by atoms with Gasteiger partial charge in [0.2, 0.25) is 0 Å². The smallest absolute Gasteiger partial charge is 0.128 e. The van der Waals surface area contributed by atoms with Gasteiger partial charge in [0.15, 0.2) is 0 Å². The number of hydrogen-bond acceptors (Lipinski definition) is 2. The molecule has 1 aromatic rings. The highest BCUT2D eigenvalue weighted by molar-refractivity contribution is 5.23. The van der Waals surface area contributed by atoms with Crippen molar-refractivity contribution in [2.24, 2.45) is 0 Å². The minimum absolute atomic E-state index is 0.275. The minimum Gasteiger partial charge on any atom is -0.378 e. The normalized spacial score (nSPS) is 23.6. The summed E-state index contributed by atoms with van der Waals surface area (Å²) in [4.78, 5) is 1.68. The van der Waals surface area contributed by atoms with Crippen LogP contribution in [0.15, 0.2) is 18.2 Å². The molecule has 2 nitrogen and oxygen atoms in total. The monoisotopic (exact) mass is 226 g/mol. The Kier molecular flexibility index (Phi) is 3.21. The molecule has 1 heterocycles. The van der Waals surface area contributed by atoms with E-state index < -0.39 is 17.9 Å². The van der Waals surface area contributed by atoms with Crippen LogP contribution in [0.4, 0.5) is 8.78 Å². The zero-order valence-electron chi connectivity index (χ0n) is 8.87. The highest BCUT2D eigenvalue weighted by atomic mass is 19.1. The minimum atomic E-state index is -0.879. The van der Waals surface area contributed by atoms with Gasteiger partial charge < -0.3 is 5.11 Å². The zero-order chi connectivity index (χ0) is 11.7. The van der Waals surface area contributed by atoms with Crippen molar-refractivity contribution in [1.29, 1.82) is 0 Å². The Balaban J connectivity index is 2.32. The van der Waals surface area contributed by atoms with E-state index >= 15 is 0 Å². The van der Waals surface area contributed by atoms with Crippen LogP contribution in [0.2, 0.25) is 0 Å². The molecule has 0 amide bonds. The topological polar surface area (TPSA) is 23.5 Å². The van der Waals surface area contributed by atoms with Crippen molar-refractivity contribution in [2.45, 2.75) is 25.1 Å². The van der Waals surface area contributed by atoms with E-state index in [-0.39, 0.29) is 6.04 Å². The molecule has 0 aromatic heterocycles. The summed E-state index contributed by atoms with van der Waals surface area (Å²) in [6.07, 6.45) is 0.690. The zero-order valence-corrected chi connectivity index (χ0v) is 8.87. The molecule has 1 aromatic carbocycles. The number of aliphatic hydroxyl groups excluding tert-OH is 1. The Morgan fingerprint density at radius 1 is 1.44 bits per heavy atom. The second-order valence-electron chi connectivity index (χ2n) is 4.04. The van der Waals surface area contributed by atoms with Crippen molar-refractivity contribution in [3.8, 4) is 0 Å². The fraction of sp³-hybridized carbons (Fsp3) is 0.417. The maximum Gasteiger partial charge on any atom is 0.128 e. The summed E-state index contributed by atoms with van der Waals surface area (Å²) in [6.45, 7) is 4.17. The Morgan fingerprint density at radius 3 is 2.88 bits per heavy atom. The number of rotatable bonds is 2. The fourth-order valence-corrected chi connectivity index (χ4v) is 2.25. The van der Waals surface area contributed by atoms with Crippen LogP contribution in [-0.4, -0.2) is 22.8 Å². The van der Waals surface area contributed by atoms with E-state index in [1.165, 1.54) is 6.07 Å². The molecule has 1 unspecified atom stereocenters. The number of likely N-dealkylation sites (tertiary alicyclic amines) is 1. The molecule has 1 aliphatic rings. The van der Waals surface area contributed by atoms with Gasteiger partial charge in [-0.3, -0.25) is 4.90 Å². The van der Waals surface area contributed by atoms with Crippen LogP contribution in [0.3, 0.4) is 0 Å². The van der Waals surface area contributed by atoms with Gasteiger partial charge in [-0.05, 0) is 38.0 Å². The molecule has 1 saturated heterocycles. The molecule has 0 bridgehead atoms. The lowest BCUT2D eigenvalue weighted by atomic mass is 10.0. The summed E-state index contributed by atoms with van der Waals surface area (Å²) < 4.78 is 26.6. The van der Waals surface area contributed by atoms with Crippen LogP contribution in [0, 0.1) is 18.6 Å². The second-order valence-corrected chi connectivity index (χ2v) is 4.04. The summed E-state index contributed by atoms with van der Waals surface area (Å²) in [6, 6.07) is 3.14. The van der Waals surface area contributed by atoms with Crippen LogP contribution < -0.4 is 0 Å². The van der Waals surface area contributed by atoms with Gasteiger partial charge in [0.1, 0.15) is 17.9 Å². The quantitative estimate of drug-likeness (QED) is 0.836. The molecule has 0 spiro atoms. The van der Waals surface area contributed by atoms with Gasteiger partial charge in [-0.25, -0.2) is 8.78 Å². The maximum absolute atomic E-state index is 13.6. The summed E-state index contributed by atoms with van der Waals surface area (Å²) in [5.74, 6) is -0.888. The highest BCUT2D eigenvalue weighted by Crippen LogP contribution is 2.34. The average Bonchev–Trinajstić information content (AvgIpc) is 2.70. The molecular formula is C12H14F2NO. The summed E-state index contributed by atoms with van der Waals surface area (Å²) >= 11 is 0. The number of benzene rings is 1. The molecule has 16 heavy (non-hydrogen) atoms. The average molecular weight is 226 g/mol. The number of hydrogen-bond donors (Lipinski definition) is 1. The lowest BCUT2D eigenvalue weighted by Crippen LogP contribution is -2.32. The van der Waals surface area contributed by atoms with Crippen LogP contribution in [0.25, 0.3) is 0 Å². The maximum atomic E-state index is 13.6. The van der Waals surface area contributed by atoms with Gasteiger partial charge >= 0.3 is 0 Å². The van der Waals surface area contributed by atoms with E-state index in [0.29, 0.717) is 18.5 Å². The molecular weight excluding hydrogens is 212 g/mol. The van der Waals surface area contributed by atoms with Crippen LogP contribution in [-0.2, 0) is 0 Å². The van der Waals surface area contributed by atoms with E-state index in [1.54, 1.807) is 4.90 Å². The first-order chi connectivity index (χ1) is 7.59. The SMILES string of the molecule is [CH2]C(O)N1CCC[C@@H]1c1cc(F)ccc1F. The van der Waals surface area contributed by atoms with Gasteiger partial charge in [-0.15, -0.1) is 0 Å². The predicted molar refractivity (Wildman–Crippen MR) is 56.4 cm³/mol. The number of aliphatic hydroxyl groups is 1. The molecule has 1 fully saturated rings. The van der Waals surface area contributed by atoms with Crippen molar-refractivity contribution in [1.82, 2.24) is 4.90 Å². The van der Waals surface area contributed by atoms with E-state index in [2.05, 4.69) is 6.92 Å². The molecule has 0 saturated carbocycles. The van der Waals surface area contributed by atoms with Gasteiger partial charge in [-0.2, -0.15) is 0 Å². The first-order valence-electron chi connectivity index (χ1n) is 5.31. The lowest BCUT2D eigenvalue weighted by molar-refractivity contribution is 0.0285. The second kappa shape index (κ2) is 4.47. The van der Waals surface area contributed by atoms with Crippen LogP contribution in [0.1, 0.15) is 24.4 Å². The molecule has 87 valence electrons. The van der Waals surface area contributed by atoms with Crippen molar-refractivity contribution in [3.63, 3.8) is 0 Å². The molecule has 2 rings (SSSR count). The number of halogens is 2. The molecule has 4 heteroatoms. The number of nitrogens with zero attached hydrogens (tertiary/aromatic N) is 1. The molecule has 1 aliphatic heterocycles. The summed E-state index contributed by atoms with van der Waals surface area (Å²) in [5, 5.41) is 9.44. The van der Waals surface area contributed by atoms with Crippen LogP contribution >= 0.6 is 0 Å². The Labute approximate surface area is 93.5 Å². The van der Waals surface area contributed by atoms with E-state index in [0.717, 1.165) is 18.6 Å². The third-order valence-electron chi connectivity index (χ3n) is 2.99. The van der Waals surface area contributed by atoms with E-state index in [4.69, 9.17) is 0 Å². The Hall–Kier alpha value is -1.00. The van der Waals surface area contributed by atoms with Crippen molar-refractivity contribution < 1.29 is 13.9 Å². The molecule has 2 atom stereocenters. The molecule has 1 N–H and O–H groups in total. The summed E-state index contributed by atoms with van der Waals surface area (Å²) in [5.41, 5.74) is 0.306. The first kappa shape index (κ1) is 11.5. The third-order valence-corrected chi connectivity index (χ3v) is 2.99. The van der Waals surface area contributed by atoms with Crippen LogP contribution in [0.5, 0.6) is 0 Å². The summed E-state index contributed by atoms with van der Waals surface area (Å²) in [7, 11) is 0. The van der Waals surface area contributed by atoms with E-state index in [1.807, 2.05) is 0 Å². The van der Waals surface area contributed by atoms with Crippen molar-refractivity contribution in [3.05, 3.63) is 42.3 Å². The van der Waals surface area contributed by atoms with Gasteiger partial charge in [0.25, 0.3) is 0 Å². The molecule has 0 aliphatic carbocycles. The molecule has 1 radical (unpaired) electrons. The lowest BCUT2D eigenvalue weighted by Gasteiger charge is -2.27. The van der Waals surface area contributed by atoms with Crippen molar-refractivity contribution in [2.75, 3.05) is 6.54 Å². The van der Waals surface area contributed by atoms with Gasteiger partial charge in [0.05, 0.1) is 0 Å². The van der Waals surface area contributed by atoms with Gasteiger partial charge in [0, 0.05) is 18.2 Å². The third kappa shape index (κ3) is 2.08.